The number of aliphatic imine (C=N–C) groups is 1. The van der Waals surface area contributed by atoms with E-state index >= 15 is 0 Å². The number of benzene rings is 1. The van der Waals surface area contributed by atoms with Crippen LogP contribution in [0.2, 0.25) is 0 Å². The van der Waals surface area contributed by atoms with E-state index in [1.54, 1.807) is 38.4 Å². The molecule has 2 heterocycles. The zero-order chi connectivity index (χ0) is 19.8. The van der Waals surface area contributed by atoms with Gasteiger partial charge in [-0.3, -0.25) is 9.79 Å². The smallest absolute Gasteiger partial charge is 0.251 e. The monoisotopic (exact) mass is 518 g/mol. The molecule has 9 heteroatoms. The normalized spacial score (nSPS) is 22.0. The summed E-state index contributed by atoms with van der Waals surface area (Å²) in [7, 11) is 3.37. The molecule has 2 N–H and O–H groups in total. The molecular weight excluding hydrogens is 487 g/mol. The van der Waals surface area contributed by atoms with Crippen molar-refractivity contribution in [3.8, 4) is 5.75 Å². The van der Waals surface area contributed by atoms with Gasteiger partial charge in [0, 0.05) is 45.4 Å². The fourth-order valence-corrected chi connectivity index (χ4v) is 3.52. The molecule has 2 saturated heterocycles. The molecule has 2 aliphatic heterocycles. The van der Waals surface area contributed by atoms with Gasteiger partial charge in [-0.25, -0.2) is 0 Å². The molecule has 2 fully saturated rings. The lowest BCUT2D eigenvalue weighted by atomic mass is 10.1. The molecule has 0 aromatic heterocycles. The molecule has 0 aliphatic carbocycles. The minimum Gasteiger partial charge on any atom is -0.497 e. The molecule has 0 bridgehead atoms. The van der Waals surface area contributed by atoms with E-state index in [2.05, 4.69) is 20.5 Å². The lowest BCUT2D eigenvalue weighted by Gasteiger charge is -2.37. The van der Waals surface area contributed by atoms with Crippen LogP contribution in [0.4, 0.5) is 0 Å². The second-order valence-corrected chi connectivity index (χ2v) is 6.87. The number of nitrogens with zero attached hydrogens (tertiary/aromatic N) is 2. The van der Waals surface area contributed by atoms with Crippen LogP contribution in [0, 0.1) is 0 Å². The highest BCUT2D eigenvalue weighted by molar-refractivity contribution is 14.0. The number of halogens is 1. The van der Waals surface area contributed by atoms with Crippen LogP contribution in [0.5, 0.6) is 5.75 Å². The van der Waals surface area contributed by atoms with Gasteiger partial charge < -0.3 is 29.7 Å². The molecule has 3 rings (SSSR count). The van der Waals surface area contributed by atoms with Gasteiger partial charge in [0.1, 0.15) is 11.9 Å². The van der Waals surface area contributed by atoms with Crippen molar-refractivity contribution in [3.63, 3.8) is 0 Å². The average Bonchev–Trinajstić information content (AvgIpc) is 3.29. The van der Waals surface area contributed by atoms with Gasteiger partial charge in [-0.15, -0.1) is 24.0 Å². The van der Waals surface area contributed by atoms with E-state index in [1.165, 1.54) is 0 Å². The molecule has 1 amide bonds. The van der Waals surface area contributed by atoms with Crippen molar-refractivity contribution in [1.82, 2.24) is 15.5 Å². The maximum Gasteiger partial charge on any atom is 0.251 e. The maximum absolute atomic E-state index is 12.2. The largest absolute Gasteiger partial charge is 0.497 e. The van der Waals surface area contributed by atoms with Crippen LogP contribution in [0.3, 0.4) is 0 Å². The summed E-state index contributed by atoms with van der Waals surface area (Å²) in [4.78, 5) is 18.8. The zero-order valence-electron chi connectivity index (χ0n) is 17.1. The summed E-state index contributed by atoms with van der Waals surface area (Å²) in [5.41, 5.74) is 0.609. The molecule has 0 spiro atoms. The highest BCUT2D eigenvalue weighted by Crippen LogP contribution is 2.21. The number of ether oxygens (including phenoxy) is 3. The van der Waals surface area contributed by atoms with Gasteiger partial charge in [0.05, 0.1) is 19.8 Å². The molecule has 2 unspecified atom stereocenters. The number of carbonyl (C=O) groups excluding carboxylic acids is 1. The van der Waals surface area contributed by atoms with Crippen molar-refractivity contribution in [3.05, 3.63) is 29.8 Å². The highest BCUT2D eigenvalue weighted by atomic mass is 127. The quantitative estimate of drug-likeness (QED) is 0.257. The number of hydrogen-bond acceptors (Lipinski definition) is 5. The van der Waals surface area contributed by atoms with Gasteiger partial charge in [-0.1, -0.05) is 0 Å². The molecular formula is C20H31IN4O4. The lowest BCUT2D eigenvalue weighted by Crippen LogP contribution is -2.54. The molecule has 8 nitrogen and oxygen atoms in total. The minimum atomic E-state index is -0.107. The van der Waals surface area contributed by atoms with Crippen molar-refractivity contribution in [2.24, 2.45) is 4.99 Å². The van der Waals surface area contributed by atoms with Crippen LogP contribution in [-0.4, -0.2) is 82.5 Å². The number of morpholine rings is 1. The van der Waals surface area contributed by atoms with Crippen molar-refractivity contribution in [1.29, 1.82) is 0 Å². The van der Waals surface area contributed by atoms with Gasteiger partial charge in [0.15, 0.2) is 5.96 Å². The van der Waals surface area contributed by atoms with Crippen LogP contribution in [0.1, 0.15) is 23.2 Å². The van der Waals surface area contributed by atoms with Crippen molar-refractivity contribution in [2.75, 3.05) is 53.6 Å². The third-order valence-electron chi connectivity index (χ3n) is 5.03. The Morgan fingerprint density at radius 1 is 1.17 bits per heavy atom. The first-order valence-electron chi connectivity index (χ1n) is 9.82. The van der Waals surface area contributed by atoms with E-state index in [9.17, 15) is 4.79 Å². The van der Waals surface area contributed by atoms with E-state index in [0.29, 0.717) is 25.3 Å². The van der Waals surface area contributed by atoms with Gasteiger partial charge in [0.25, 0.3) is 5.91 Å². The molecule has 1 aromatic carbocycles. The van der Waals surface area contributed by atoms with Crippen LogP contribution in [-0.2, 0) is 9.47 Å². The van der Waals surface area contributed by atoms with Gasteiger partial charge in [-0.05, 0) is 37.1 Å². The number of amides is 1. The number of nitrogens with one attached hydrogen (secondary N) is 2. The Morgan fingerprint density at radius 2 is 1.90 bits per heavy atom. The summed E-state index contributed by atoms with van der Waals surface area (Å²) in [6.07, 6.45) is 2.43. The third kappa shape index (κ3) is 6.71. The van der Waals surface area contributed by atoms with Crippen molar-refractivity contribution in [2.45, 2.75) is 25.0 Å². The second kappa shape index (κ2) is 12.2. The molecule has 0 saturated carbocycles. The Kier molecular flexibility index (Phi) is 9.95. The summed E-state index contributed by atoms with van der Waals surface area (Å²) in [5.74, 6) is 1.45. The first-order valence-corrected chi connectivity index (χ1v) is 9.82. The summed E-state index contributed by atoms with van der Waals surface area (Å²) in [6, 6.07) is 7.05. The summed E-state index contributed by atoms with van der Waals surface area (Å²) >= 11 is 0. The maximum atomic E-state index is 12.2. The van der Waals surface area contributed by atoms with Gasteiger partial charge in [0.2, 0.25) is 0 Å². The average molecular weight is 518 g/mol. The third-order valence-corrected chi connectivity index (χ3v) is 5.03. The van der Waals surface area contributed by atoms with E-state index in [-0.39, 0.29) is 42.1 Å². The Morgan fingerprint density at radius 3 is 2.55 bits per heavy atom. The summed E-state index contributed by atoms with van der Waals surface area (Å²) < 4.78 is 16.8. The Labute approximate surface area is 189 Å². The fourth-order valence-electron chi connectivity index (χ4n) is 3.52. The molecule has 0 radical (unpaired) electrons. The second-order valence-electron chi connectivity index (χ2n) is 6.87. The standard InChI is InChI=1S/C20H30N4O4.HI/c1-21-20(24-11-13-28-18(14-24)17-4-3-12-27-17)23-10-9-22-19(25)15-5-7-16(26-2)8-6-15;/h5-8,17-18H,3-4,9-14H2,1-2H3,(H,21,23)(H,22,25);1H. The summed E-state index contributed by atoms with van der Waals surface area (Å²) in [5, 5.41) is 6.23. The number of methoxy groups -OCH3 is 1. The Hall–Kier alpha value is -1.59. The van der Waals surface area contributed by atoms with Crippen LogP contribution < -0.4 is 15.4 Å². The zero-order valence-corrected chi connectivity index (χ0v) is 19.4. The Bertz CT molecular complexity index is 665. The SMILES string of the molecule is CN=C(NCCNC(=O)c1ccc(OC)cc1)N1CCOC(C2CCCO2)C1.I. The van der Waals surface area contributed by atoms with Gasteiger partial charge in [-0.2, -0.15) is 0 Å². The first-order chi connectivity index (χ1) is 13.7. The van der Waals surface area contributed by atoms with Crippen LogP contribution in [0.25, 0.3) is 0 Å². The molecule has 2 aliphatic rings. The predicted octanol–water partition coefficient (Wildman–Crippen LogP) is 1.50. The van der Waals surface area contributed by atoms with Gasteiger partial charge >= 0.3 is 0 Å². The van der Waals surface area contributed by atoms with Crippen molar-refractivity contribution < 1.29 is 19.0 Å². The number of rotatable bonds is 6. The topological polar surface area (TPSA) is 84.4 Å². The number of hydrogen-bond donors (Lipinski definition) is 2. The van der Waals surface area contributed by atoms with Crippen LogP contribution >= 0.6 is 24.0 Å². The fraction of sp³-hybridized carbons (Fsp3) is 0.600. The highest BCUT2D eigenvalue weighted by Gasteiger charge is 2.32. The predicted molar refractivity (Wildman–Crippen MR) is 122 cm³/mol. The Balaban J connectivity index is 0.00000300. The van der Waals surface area contributed by atoms with E-state index in [4.69, 9.17) is 14.2 Å². The number of guanidine groups is 1. The van der Waals surface area contributed by atoms with E-state index in [1.807, 2.05) is 0 Å². The molecule has 2 atom stereocenters. The van der Waals surface area contributed by atoms with Crippen LogP contribution in [0.15, 0.2) is 29.3 Å². The lowest BCUT2D eigenvalue weighted by molar-refractivity contribution is -0.0816. The molecule has 1 aromatic rings. The summed E-state index contributed by atoms with van der Waals surface area (Å²) in [6.45, 7) is 4.15. The van der Waals surface area contributed by atoms with E-state index < -0.39 is 0 Å². The van der Waals surface area contributed by atoms with Crippen molar-refractivity contribution >= 4 is 35.8 Å². The minimum absolute atomic E-state index is 0. The first kappa shape index (κ1) is 23.7. The molecule has 29 heavy (non-hydrogen) atoms. The number of carbonyl (C=O) groups is 1. The molecule has 162 valence electrons. The van der Waals surface area contributed by atoms with E-state index in [0.717, 1.165) is 44.2 Å².